The average molecular weight is 357 g/mol. The van der Waals surface area contributed by atoms with Crippen LogP contribution in [0.1, 0.15) is 42.0 Å². The smallest absolute Gasteiger partial charge is 0.315 e. The summed E-state index contributed by atoms with van der Waals surface area (Å²) in [6.45, 7) is 8.25. The van der Waals surface area contributed by atoms with Crippen LogP contribution in [0.25, 0.3) is 11.0 Å². The molecule has 3 aromatic rings. The van der Waals surface area contributed by atoms with Crippen molar-refractivity contribution in [1.82, 2.24) is 0 Å². The van der Waals surface area contributed by atoms with E-state index in [1.165, 1.54) is 11.1 Å². The van der Waals surface area contributed by atoms with E-state index < -0.39 is 0 Å². The van der Waals surface area contributed by atoms with Crippen LogP contribution in [0.3, 0.4) is 0 Å². The Labute approximate surface area is 152 Å². The third-order valence-corrected chi connectivity index (χ3v) is 4.60. The summed E-state index contributed by atoms with van der Waals surface area (Å²) in [6, 6.07) is 9.35. The van der Waals surface area contributed by atoms with Crippen LogP contribution in [0.4, 0.5) is 0 Å². The van der Waals surface area contributed by atoms with Gasteiger partial charge < -0.3 is 9.15 Å². The molecule has 0 aliphatic rings. The van der Waals surface area contributed by atoms with Crippen molar-refractivity contribution in [3.63, 3.8) is 0 Å². The van der Waals surface area contributed by atoms with Crippen LogP contribution in [0.5, 0.6) is 5.75 Å². The van der Waals surface area contributed by atoms with Crippen LogP contribution in [0, 0.1) is 13.8 Å². The van der Waals surface area contributed by atoms with Crippen LogP contribution in [-0.4, -0.2) is 5.97 Å². The van der Waals surface area contributed by atoms with E-state index in [0.717, 1.165) is 22.1 Å². The summed E-state index contributed by atoms with van der Waals surface area (Å²) in [5.41, 5.74) is 4.93. The van der Waals surface area contributed by atoms with Crippen molar-refractivity contribution in [2.24, 2.45) is 0 Å². The average Bonchev–Trinajstić information content (AvgIpc) is 2.91. The molecule has 0 radical (unpaired) electrons. The minimum absolute atomic E-state index is 0.162. The lowest BCUT2D eigenvalue weighted by Gasteiger charge is -2.10. The Kier molecular flexibility index (Phi) is 4.87. The number of hydrogen-bond acceptors (Lipinski definition) is 3. The Bertz CT molecular complexity index is 938. The van der Waals surface area contributed by atoms with Gasteiger partial charge >= 0.3 is 5.97 Å². The van der Waals surface area contributed by atoms with Gasteiger partial charge in [-0.25, -0.2) is 0 Å². The number of fused-ring (bicyclic) bond motifs is 1. The maximum absolute atomic E-state index is 12.3. The molecule has 0 fully saturated rings. The molecule has 3 rings (SSSR count). The Morgan fingerprint density at radius 2 is 1.92 bits per heavy atom. The summed E-state index contributed by atoms with van der Waals surface area (Å²) >= 11 is 5.93. The van der Waals surface area contributed by atoms with E-state index in [4.69, 9.17) is 20.8 Å². The first-order valence-corrected chi connectivity index (χ1v) is 8.70. The molecule has 0 bridgehead atoms. The Balaban J connectivity index is 1.85. The van der Waals surface area contributed by atoms with Gasteiger partial charge in [-0.1, -0.05) is 25.4 Å². The molecule has 3 nitrogen and oxygen atoms in total. The van der Waals surface area contributed by atoms with E-state index in [1.807, 2.05) is 13.0 Å². The highest BCUT2D eigenvalue weighted by atomic mass is 35.5. The molecule has 0 atom stereocenters. The summed E-state index contributed by atoms with van der Waals surface area (Å²) in [7, 11) is 0. The van der Waals surface area contributed by atoms with Crippen LogP contribution in [0.2, 0.25) is 5.02 Å². The van der Waals surface area contributed by atoms with Crippen molar-refractivity contribution < 1.29 is 13.9 Å². The first-order chi connectivity index (χ1) is 11.8. The van der Waals surface area contributed by atoms with Gasteiger partial charge in [0.05, 0.1) is 12.7 Å². The summed E-state index contributed by atoms with van der Waals surface area (Å²) in [6.07, 6.45) is 1.81. The fourth-order valence-electron chi connectivity index (χ4n) is 3.05. The molecule has 130 valence electrons. The summed E-state index contributed by atoms with van der Waals surface area (Å²) in [5, 5.41) is 1.59. The number of esters is 1. The van der Waals surface area contributed by atoms with E-state index in [1.54, 1.807) is 24.5 Å². The van der Waals surface area contributed by atoms with Crippen molar-refractivity contribution in [1.29, 1.82) is 0 Å². The van der Waals surface area contributed by atoms with Gasteiger partial charge in [0, 0.05) is 16.0 Å². The molecule has 0 unspecified atom stereocenters. The molecule has 1 aromatic heterocycles. The van der Waals surface area contributed by atoms with Gasteiger partial charge in [0.15, 0.2) is 0 Å². The van der Waals surface area contributed by atoms with E-state index in [2.05, 4.69) is 26.8 Å². The van der Waals surface area contributed by atoms with Crippen molar-refractivity contribution in [2.75, 3.05) is 0 Å². The first-order valence-electron chi connectivity index (χ1n) is 8.32. The molecule has 0 aliphatic carbocycles. The Hall–Kier alpha value is -2.26. The number of furan rings is 1. The van der Waals surface area contributed by atoms with E-state index >= 15 is 0 Å². The number of carbonyl (C=O) groups is 1. The van der Waals surface area contributed by atoms with E-state index in [0.29, 0.717) is 16.7 Å². The SMILES string of the molecule is Cc1cc(Cl)ccc1OC(=O)Cc1coc2cc(C)c(C(C)C)cc12. The summed E-state index contributed by atoms with van der Waals surface area (Å²) in [5.74, 6) is 0.622. The molecule has 0 aliphatic heterocycles. The number of carbonyl (C=O) groups excluding carboxylic acids is 1. The molecular weight excluding hydrogens is 336 g/mol. The summed E-state index contributed by atoms with van der Waals surface area (Å²) < 4.78 is 11.1. The molecular formula is C21H21ClO3. The second-order valence-electron chi connectivity index (χ2n) is 6.68. The van der Waals surface area contributed by atoms with Gasteiger partial charge in [-0.3, -0.25) is 4.79 Å². The van der Waals surface area contributed by atoms with Crippen LogP contribution < -0.4 is 4.74 Å². The normalized spacial score (nSPS) is 11.3. The fourth-order valence-corrected chi connectivity index (χ4v) is 3.27. The standard InChI is InChI=1S/C21H21ClO3/c1-12(2)17-10-18-15(11-24-20(18)8-13(17)3)9-21(23)25-19-6-5-16(22)7-14(19)4/h5-8,10-12H,9H2,1-4H3. The molecule has 2 aromatic carbocycles. The van der Waals surface area contributed by atoms with Crippen LogP contribution in [0.15, 0.2) is 41.0 Å². The number of rotatable bonds is 4. The minimum atomic E-state index is -0.320. The van der Waals surface area contributed by atoms with Gasteiger partial charge in [0.2, 0.25) is 0 Å². The highest BCUT2D eigenvalue weighted by molar-refractivity contribution is 6.30. The third-order valence-electron chi connectivity index (χ3n) is 4.36. The predicted molar refractivity (Wildman–Crippen MR) is 101 cm³/mol. The topological polar surface area (TPSA) is 39.4 Å². The largest absolute Gasteiger partial charge is 0.464 e. The maximum Gasteiger partial charge on any atom is 0.315 e. The highest BCUT2D eigenvalue weighted by Gasteiger charge is 2.15. The summed E-state index contributed by atoms with van der Waals surface area (Å²) in [4.78, 5) is 12.3. The second kappa shape index (κ2) is 6.93. The quantitative estimate of drug-likeness (QED) is 0.426. The van der Waals surface area contributed by atoms with Gasteiger partial charge in [0.25, 0.3) is 0 Å². The molecule has 4 heteroatoms. The van der Waals surface area contributed by atoms with E-state index in [-0.39, 0.29) is 12.4 Å². The molecule has 0 spiro atoms. The maximum atomic E-state index is 12.3. The molecule has 0 amide bonds. The zero-order chi connectivity index (χ0) is 18.1. The zero-order valence-corrected chi connectivity index (χ0v) is 15.6. The van der Waals surface area contributed by atoms with Crippen LogP contribution in [-0.2, 0) is 11.2 Å². The lowest BCUT2D eigenvalue weighted by molar-refractivity contribution is -0.133. The zero-order valence-electron chi connectivity index (χ0n) is 14.9. The molecule has 0 N–H and O–H groups in total. The van der Waals surface area contributed by atoms with Gasteiger partial charge in [-0.2, -0.15) is 0 Å². The highest BCUT2D eigenvalue weighted by Crippen LogP contribution is 2.29. The Morgan fingerprint density at radius 1 is 1.16 bits per heavy atom. The third kappa shape index (κ3) is 3.72. The predicted octanol–water partition coefficient (Wildman–Crippen LogP) is 5.97. The number of halogens is 1. The van der Waals surface area contributed by atoms with Crippen molar-refractivity contribution in [3.05, 3.63) is 63.9 Å². The first kappa shape index (κ1) is 17.6. The van der Waals surface area contributed by atoms with Crippen LogP contribution >= 0.6 is 11.6 Å². The molecule has 0 saturated heterocycles. The second-order valence-corrected chi connectivity index (χ2v) is 7.12. The monoisotopic (exact) mass is 356 g/mol. The van der Waals surface area contributed by atoms with Crippen molar-refractivity contribution in [3.8, 4) is 5.75 Å². The number of ether oxygens (including phenoxy) is 1. The fraction of sp³-hybridized carbons (Fsp3) is 0.286. The van der Waals surface area contributed by atoms with Gasteiger partial charge in [-0.15, -0.1) is 0 Å². The van der Waals surface area contributed by atoms with Crippen molar-refractivity contribution >= 4 is 28.5 Å². The number of hydrogen-bond donors (Lipinski definition) is 0. The number of benzene rings is 2. The molecule has 25 heavy (non-hydrogen) atoms. The lowest BCUT2D eigenvalue weighted by Crippen LogP contribution is -2.11. The minimum Gasteiger partial charge on any atom is -0.464 e. The van der Waals surface area contributed by atoms with Gasteiger partial charge in [0.1, 0.15) is 11.3 Å². The molecule has 0 saturated carbocycles. The van der Waals surface area contributed by atoms with E-state index in [9.17, 15) is 4.79 Å². The van der Waals surface area contributed by atoms with Gasteiger partial charge in [-0.05, 0) is 66.8 Å². The lowest BCUT2D eigenvalue weighted by atomic mass is 9.95. The number of aryl methyl sites for hydroxylation is 2. The molecule has 1 heterocycles. The Morgan fingerprint density at radius 3 is 2.60 bits per heavy atom. The van der Waals surface area contributed by atoms with Crippen molar-refractivity contribution in [2.45, 2.75) is 40.0 Å².